The van der Waals surface area contributed by atoms with E-state index in [9.17, 15) is 0 Å². The standard InChI is InChI=1S/C36H23NO/c1-3-9-26(10-4-1)37(27-11-5-2-6-12-27)28-18-20-29-25(23-28)16-15-24-17-19-33-31(35(24)29)21-22-32-30-13-7-8-14-34(30)38-36(32)33/h1-23H. The molecule has 8 rings (SSSR count). The first kappa shape index (κ1) is 21.0. The minimum absolute atomic E-state index is 0.930. The van der Waals surface area contributed by atoms with Crippen LogP contribution in [0.15, 0.2) is 144 Å². The van der Waals surface area contributed by atoms with Gasteiger partial charge in [0, 0.05) is 33.2 Å². The molecule has 178 valence electrons. The van der Waals surface area contributed by atoms with Crippen molar-refractivity contribution in [3.63, 3.8) is 0 Å². The maximum absolute atomic E-state index is 6.37. The van der Waals surface area contributed by atoms with Crippen LogP contribution in [0.4, 0.5) is 17.1 Å². The number of rotatable bonds is 3. The van der Waals surface area contributed by atoms with Gasteiger partial charge in [-0.1, -0.05) is 84.9 Å². The topological polar surface area (TPSA) is 16.4 Å². The highest BCUT2D eigenvalue weighted by Gasteiger charge is 2.15. The molecule has 38 heavy (non-hydrogen) atoms. The summed E-state index contributed by atoms with van der Waals surface area (Å²) in [5.74, 6) is 0. The second kappa shape index (κ2) is 8.22. The molecule has 0 radical (unpaired) electrons. The van der Waals surface area contributed by atoms with Crippen LogP contribution in [0.1, 0.15) is 0 Å². The monoisotopic (exact) mass is 485 g/mol. The predicted molar refractivity (Wildman–Crippen MR) is 161 cm³/mol. The number of anilines is 3. The van der Waals surface area contributed by atoms with Gasteiger partial charge in [0.1, 0.15) is 11.2 Å². The lowest BCUT2D eigenvalue weighted by Crippen LogP contribution is -2.09. The summed E-state index contributed by atoms with van der Waals surface area (Å²) in [5, 5.41) is 9.65. The summed E-state index contributed by atoms with van der Waals surface area (Å²) in [4.78, 5) is 2.31. The van der Waals surface area contributed by atoms with Crippen LogP contribution >= 0.6 is 0 Å². The Labute approximate surface area is 220 Å². The molecule has 0 amide bonds. The number of fused-ring (bicyclic) bond motifs is 9. The Morgan fingerprint density at radius 2 is 0.974 bits per heavy atom. The number of hydrogen-bond acceptors (Lipinski definition) is 2. The average molecular weight is 486 g/mol. The van der Waals surface area contributed by atoms with Gasteiger partial charge >= 0.3 is 0 Å². The molecule has 1 heterocycles. The van der Waals surface area contributed by atoms with Crippen molar-refractivity contribution in [2.24, 2.45) is 0 Å². The molecule has 8 aromatic rings. The van der Waals surface area contributed by atoms with E-state index in [-0.39, 0.29) is 0 Å². The van der Waals surface area contributed by atoms with Crippen LogP contribution < -0.4 is 4.90 Å². The Kier molecular flexibility index (Phi) is 4.55. The Balaban J connectivity index is 1.38. The van der Waals surface area contributed by atoms with Gasteiger partial charge in [-0.2, -0.15) is 0 Å². The molecule has 2 nitrogen and oxygen atoms in total. The second-order valence-electron chi connectivity index (χ2n) is 9.78. The van der Waals surface area contributed by atoms with Crippen molar-refractivity contribution < 1.29 is 4.42 Å². The normalized spacial score (nSPS) is 11.7. The summed E-state index contributed by atoms with van der Waals surface area (Å²) < 4.78 is 6.37. The quantitative estimate of drug-likeness (QED) is 0.231. The Hall–Kier alpha value is -5.08. The Morgan fingerprint density at radius 1 is 0.395 bits per heavy atom. The van der Waals surface area contributed by atoms with Crippen molar-refractivity contribution >= 4 is 71.3 Å². The highest BCUT2D eigenvalue weighted by atomic mass is 16.3. The third-order valence-electron chi connectivity index (χ3n) is 7.61. The molecule has 0 bridgehead atoms. The summed E-state index contributed by atoms with van der Waals surface area (Å²) in [6.07, 6.45) is 0. The lowest BCUT2D eigenvalue weighted by atomic mass is 9.95. The van der Waals surface area contributed by atoms with E-state index in [1.54, 1.807) is 0 Å². The first-order chi connectivity index (χ1) is 18.8. The van der Waals surface area contributed by atoms with Crippen molar-refractivity contribution in [1.82, 2.24) is 0 Å². The smallest absolute Gasteiger partial charge is 0.143 e. The highest BCUT2D eigenvalue weighted by Crippen LogP contribution is 2.41. The summed E-state index contributed by atoms with van der Waals surface area (Å²) in [6, 6.07) is 49.6. The van der Waals surface area contributed by atoms with E-state index in [0.29, 0.717) is 0 Å². The number of nitrogens with zero attached hydrogens (tertiary/aromatic N) is 1. The molecule has 0 unspecified atom stereocenters. The van der Waals surface area contributed by atoms with Crippen LogP contribution in [0, 0.1) is 0 Å². The molecule has 0 atom stereocenters. The van der Waals surface area contributed by atoms with Gasteiger partial charge in [0.2, 0.25) is 0 Å². The number of hydrogen-bond donors (Lipinski definition) is 0. The van der Waals surface area contributed by atoms with Crippen molar-refractivity contribution in [3.8, 4) is 0 Å². The molecule has 0 fully saturated rings. The molecule has 0 N–H and O–H groups in total. The van der Waals surface area contributed by atoms with Crippen LogP contribution in [-0.4, -0.2) is 0 Å². The fraction of sp³-hybridized carbons (Fsp3) is 0. The fourth-order valence-electron chi connectivity index (χ4n) is 5.88. The molecule has 0 aliphatic rings. The van der Waals surface area contributed by atoms with Gasteiger partial charge < -0.3 is 9.32 Å². The molecule has 0 aliphatic carbocycles. The number of furan rings is 1. The molecule has 0 aliphatic heterocycles. The molecule has 0 saturated heterocycles. The van der Waals surface area contributed by atoms with E-state index in [1.807, 2.05) is 12.1 Å². The molecular weight excluding hydrogens is 462 g/mol. The largest absolute Gasteiger partial charge is 0.455 e. The van der Waals surface area contributed by atoms with E-state index in [4.69, 9.17) is 4.42 Å². The lowest BCUT2D eigenvalue weighted by molar-refractivity contribution is 0.672. The van der Waals surface area contributed by atoms with E-state index in [2.05, 4.69) is 132 Å². The molecular formula is C36H23NO. The van der Waals surface area contributed by atoms with Gasteiger partial charge in [-0.3, -0.25) is 0 Å². The van der Waals surface area contributed by atoms with Gasteiger partial charge in [0.25, 0.3) is 0 Å². The fourth-order valence-corrected chi connectivity index (χ4v) is 5.88. The van der Waals surface area contributed by atoms with Gasteiger partial charge in [-0.05, 0) is 81.5 Å². The first-order valence-corrected chi connectivity index (χ1v) is 12.9. The van der Waals surface area contributed by atoms with Crippen LogP contribution in [0.25, 0.3) is 54.3 Å². The van der Waals surface area contributed by atoms with E-state index in [0.717, 1.165) is 44.4 Å². The van der Waals surface area contributed by atoms with Crippen molar-refractivity contribution in [3.05, 3.63) is 140 Å². The van der Waals surface area contributed by atoms with Gasteiger partial charge in [0.05, 0.1) is 0 Å². The highest BCUT2D eigenvalue weighted by molar-refractivity contribution is 6.26. The third-order valence-corrected chi connectivity index (χ3v) is 7.61. The molecule has 0 saturated carbocycles. The maximum Gasteiger partial charge on any atom is 0.143 e. The van der Waals surface area contributed by atoms with Gasteiger partial charge in [-0.25, -0.2) is 0 Å². The molecule has 1 aromatic heterocycles. The molecule has 0 spiro atoms. The second-order valence-corrected chi connectivity index (χ2v) is 9.78. The minimum atomic E-state index is 0.930. The summed E-state index contributed by atoms with van der Waals surface area (Å²) in [6.45, 7) is 0. The van der Waals surface area contributed by atoms with E-state index >= 15 is 0 Å². The first-order valence-electron chi connectivity index (χ1n) is 12.9. The van der Waals surface area contributed by atoms with Crippen molar-refractivity contribution in [2.45, 2.75) is 0 Å². The van der Waals surface area contributed by atoms with Crippen LogP contribution in [-0.2, 0) is 0 Å². The maximum atomic E-state index is 6.37. The van der Waals surface area contributed by atoms with E-state index in [1.165, 1.54) is 26.9 Å². The third kappa shape index (κ3) is 3.14. The van der Waals surface area contributed by atoms with Crippen LogP contribution in [0.2, 0.25) is 0 Å². The van der Waals surface area contributed by atoms with Crippen molar-refractivity contribution in [1.29, 1.82) is 0 Å². The van der Waals surface area contributed by atoms with Gasteiger partial charge in [0.15, 0.2) is 0 Å². The number of para-hydroxylation sites is 3. The molecule has 7 aromatic carbocycles. The minimum Gasteiger partial charge on any atom is -0.455 e. The molecule has 2 heteroatoms. The zero-order valence-corrected chi connectivity index (χ0v) is 20.6. The summed E-state index contributed by atoms with van der Waals surface area (Å²) >= 11 is 0. The SMILES string of the molecule is c1ccc(N(c2ccccc2)c2ccc3c(ccc4ccc5c(ccc6c7ccccc7oc65)c43)c2)cc1. The number of benzene rings is 7. The van der Waals surface area contributed by atoms with Crippen molar-refractivity contribution in [2.75, 3.05) is 4.90 Å². The zero-order chi connectivity index (χ0) is 25.1. The lowest BCUT2D eigenvalue weighted by Gasteiger charge is -2.25. The van der Waals surface area contributed by atoms with Crippen LogP contribution in [0.3, 0.4) is 0 Å². The van der Waals surface area contributed by atoms with Crippen LogP contribution in [0.5, 0.6) is 0 Å². The average Bonchev–Trinajstić information content (AvgIpc) is 3.37. The summed E-state index contributed by atoms with van der Waals surface area (Å²) in [7, 11) is 0. The van der Waals surface area contributed by atoms with Gasteiger partial charge in [-0.15, -0.1) is 0 Å². The summed E-state index contributed by atoms with van der Waals surface area (Å²) in [5.41, 5.74) is 5.29. The Bertz CT molecular complexity index is 2090. The zero-order valence-electron chi connectivity index (χ0n) is 20.6. The predicted octanol–water partition coefficient (Wildman–Crippen LogP) is 10.5. The van der Waals surface area contributed by atoms with E-state index < -0.39 is 0 Å². The Morgan fingerprint density at radius 3 is 1.76 bits per heavy atom.